The molecule has 3 aromatic rings. The van der Waals surface area contributed by atoms with E-state index in [2.05, 4.69) is 15.6 Å². The van der Waals surface area contributed by atoms with E-state index in [9.17, 15) is 9.18 Å². The highest BCUT2D eigenvalue weighted by molar-refractivity contribution is 6.04. The highest BCUT2D eigenvalue weighted by Crippen LogP contribution is 2.29. The second-order valence-electron chi connectivity index (χ2n) is 5.90. The van der Waals surface area contributed by atoms with E-state index in [1.54, 1.807) is 55.6 Å². The number of hydrogen-bond donors (Lipinski definition) is 2. The zero-order chi connectivity index (χ0) is 19.9. The van der Waals surface area contributed by atoms with E-state index in [-0.39, 0.29) is 11.5 Å². The van der Waals surface area contributed by atoms with Gasteiger partial charge in [0.2, 0.25) is 0 Å². The van der Waals surface area contributed by atoms with Gasteiger partial charge in [0.25, 0.3) is 5.91 Å². The first-order valence-corrected chi connectivity index (χ1v) is 8.57. The van der Waals surface area contributed by atoms with Crippen LogP contribution in [0.1, 0.15) is 16.1 Å². The quantitative estimate of drug-likeness (QED) is 0.645. The lowest BCUT2D eigenvalue weighted by molar-refractivity contribution is 0.102. The van der Waals surface area contributed by atoms with Gasteiger partial charge in [-0.25, -0.2) is 4.39 Å². The second-order valence-corrected chi connectivity index (χ2v) is 5.90. The van der Waals surface area contributed by atoms with E-state index >= 15 is 0 Å². The molecule has 0 saturated carbocycles. The summed E-state index contributed by atoms with van der Waals surface area (Å²) in [6.07, 6.45) is 1.52. The topological polar surface area (TPSA) is 72.5 Å². The van der Waals surface area contributed by atoms with E-state index < -0.39 is 5.91 Å². The molecule has 0 aliphatic carbocycles. The number of nitrogens with zero attached hydrogens (tertiary/aromatic N) is 1. The Labute approximate surface area is 162 Å². The predicted octanol–water partition coefficient (Wildman–Crippen LogP) is 4.10. The van der Waals surface area contributed by atoms with Crippen LogP contribution in [0, 0.1) is 5.82 Å². The summed E-state index contributed by atoms with van der Waals surface area (Å²) in [6, 6.07) is 14.9. The van der Waals surface area contributed by atoms with Crippen LogP contribution in [0.5, 0.6) is 11.5 Å². The summed E-state index contributed by atoms with van der Waals surface area (Å²) in [5.74, 6) is 0.417. The normalized spacial score (nSPS) is 10.2. The van der Waals surface area contributed by atoms with Gasteiger partial charge in [0.15, 0.2) is 0 Å². The van der Waals surface area contributed by atoms with E-state index in [4.69, 9.17) is 9.47 Å². The van der Waals surface area contributed by atoms with Crippen LogP contribution in [0.15, 0.2) is 60.8 Å². The van der Waals surface area contributed by atoms with Gasteiger partial charge in [-0.1, -0.05) is 18.2 Å². The summed E-state index contributed by atoms with van der Waals surface area (Å²) in [5, 5.41) is 5.87. The van der Waals surface area contributed by atoms with Crippen molar-refractivity contribution in [1.82, 2.24) is 4.98 Å². The lowest BCUT2D eigenvalue weighted by Crippen LogP contribution is -2.14. The summed E-state index contributed by atoms with van der Waals surface area (Å²) >= 11 is 0. The van der Waals surface area contributed by atoms with Gasteiger partial charge in [-0.05, 0) is 30.3 Å². The number of carbonyl (C=O) groups is 1. The fraction of sp³-hybridized carbons (Fsp3) is 0.143. The van der Waals surface area contributed by atoms with E-state index in [0.29, 0.717) is 35.0 Å². The lowest BCUT2D eigenvalue weighted by atomic mass is 10.2. The molecule has 0 radical (unpaired) electrons. The molecule has 2 N–H and O–H groups in total. The molecule has 7 heteroatoms. The van der Waals surface area contributed by atoms with Crippen molar-refractivity contribution in [2.45, 2.75) is 6.54 Å². The molecular weight excluding hydrogens is 361 g/mol. The fourth-order valence-electron chi connectivity index (χ4n) is 2.59. The number of benzene rings is 2. The molecule has 0 saturated heterocycles. The van der Waals surface area contributed by atoms with Crippen molar-refractivity contribution >= 4 is 17.3 Å². The maximum absolute atomic E-state index is 13.7. The van der Waals surface area contributed by atoms with Crippen molar-refractivity contribution < 1.29 is 18.7 Å². The number of pyridine rings is 1. The van der Waals surface area contributed by atoms with Gasteiger partial charge < -0.3 is 20.1 Å². The molecular formula is C21H20FN3O3. The highest BCUT2D eigenvalue weighted by atomic mass is 19.1. The Bertz CT molecular complexity index is 979. The number of anilines is 2. The third-order valence-electron chi connectivity index (χ3n) is 4.09. The van der Waals surface area contributed by atoms with Crippen molar-refractivity contribution in [3.05, 3.63) is 77.9 Å². The molecule has 1 aromatic heterocycles. The zero-order valence-electron chi connectivity index (χ0n) is 15.5. The van der Waals surface area contributed by atoms with E-state index in [0.717, 1.165) is 0 Å². The van der Waals surface area contributed by atoms with Crippen LogP contribution >= 0.6 is 0 Å². The molecule has 0 unspecified atom stereocenters. The van der Waals surface area contributed by atoms with Gasteiger partial charge in [0.05, 0.1) is 19.9 Å². The maximum atomic E-state index is 13.7. The number of nitrogens with one attached hydrogen (secondary N) is 2. The van der Waals surface area contributed by atoms with Gasteiger partial charge in [-0.2, -0.15) is 0 Å². The number of halogens is 1. The number of ether oxygens (including phenoxy) is 2. The molecule has 6 nitrogen and oxygen atoms in total. The van der Waals surface area contributed by atoms with Crippen molar-refractivity contribution in [3.8, 4) is 11.5 Å². The smallest absolute Gasteiger partial charge is 0.274 e. The van der Waals surface area contributed by atoms with Crippen LogP contribution in [0.3, 0.4) is 0 Å². The van der Waals surface area contributed by atoms with Crippen LogP contribution in [0.4, 0.5) is 15.8 Å². The average molecular weight is 381 g/mol. The van der Waals surface area contributed by atoms with Crippen molar-refractivity contribution in [1.29, 1.82) is 0 Å². The Balaban J connectivity index is 1.71. The molecule has 0 spiro atoms. The first-order valence-electron chi connectivity index (χ1n) is 8.57. The van der Waals surface area contributed by atoms with Crippen LogP contribution in [-0.4, -0.2) is 25.1 Å². The van der Waals surface area contributed by atoms with Crippen LogP contribution < -0.4 is 20.1 Å². The monoisotopic (exact) mass is 381 g/mol. The van der Waals surface area contributed by atoms with Crippen LogP contribution in [-0.2, 0) is 6.54 Å². The van der Waals surface area contributed by atoms with Gasteiger partial charge in [0, 0.05) is 30.1 Å². The molecule has 144 valence electrons. The number of hydrogen-bond acceptors (Lipinski definition) is 5. The molecule has 0 aliphatic heterocycles. The molecule has 28 heavy (non-hydrogen) atoms. The summed E-state index contributed by atoms with van der Waals surface area (Å²) < 4.78 is 24.2. The number of methoxy groups -OCH3 is 2. The second kappa shape index (κ2) is 8.85. The third-order valence-corrected chi connectivity index (χ3v) is 4.09. The van der Waals surface area contributed by atoms with Crippen LogP contribution in [0.25, 0.3) is 0 Å². The zero-order valence-corrected chi connectivity index (χ0v) is 15.5. The molecule has 0 aliphatic rings. The lowest BCUT2D eigenvalue weighted by Gasteiger charge is -2.12. The van der Waals surface area contributed by atoms with Gasteiger partial charge >= 0.3 is 0 Å². The minimum absolute atomic E-state index is 0.219. The number of amides is 1. The Kier molecular flexibility index (Phi) is 6.06. The van der Waals surface area contributed by atoms with Crippen molar-refractivity contribution in [2.75, 3.05) is 24.9 Å². The Hall–Kier alpha value is -3.61. The number of aromatic nitrogens is 1. The van der Waals surface area contributed by atoms with E-state index in [1.165, 1.54) is 19.4 Å². The molecule has 2 aromatic carbocycles. The SMILES string of the molecule is COc1ccc(NC(=O)c2cc(NCc3ccccc3F)ccn2)c(OC)c1. The van der Waals surface area contributed by atoms with Crippen molar-refractivity contribution in [2.24, 2.45) is 0 Å². The summed E-state index contributed by atoms with van der Waals surface area (Å²) in [7, 11) is 3.06. The van der Waals surface area contributed by atoms with Crippen molar-refractivity contribution in [3.63, 3.8) is 0 Å². The third kappa shape index (κ3) is 4.56. The molecule has 1 heterocycles. The molecule has 0 fully saturated rings. The van der Waals surface area contributed by atoms with Gasteiger partial charge in [-0.15, -0.1) is 0 Å². The number of rotatable bonds is 7. The molecule has 3 rings (SSSR count). The summed E-state index contributed by atoms with van der Waals surface area (Å²) in [4.78, 5) is 16.7. The largest absolute Gasteiger partial charge is 0.497 e. The standard InChI is InChI=1S/C21H20FN3O3/c1-27-16-7-8-18(20(12-16)28-2)25-21(26)19-11-15(9-10-23-19)24-13-14-5-3-4-6-17(14)22/h3-12H,13H2,1-2H3,(H,23,24)(H,25,26). The summed E-state index contributed by atoms with van der Waals surface area (Å²) in [6.45, 7) is 0.296. The Morgan fingerprint density at radius 1 is 1.07 bits per heavy atom. The minimum Gasteiger partial charge on any atom is -0.497 e. The fourth-order valence-corrected chi connectivity index (χ4v) is 2.59. The Morgan fingerprint density at radius 3 is 2.64 bits per heavy atom. The molecule has 1 amide bonds. The molecule has 0 bridgehead atoms. The first kappa shape index (κ1) is 19.2. The van der Waals surface area contributed by atoms with Gasteiger partial charge in [0.1, 0.15) is 23.0 Å². The maximum Gasteiger partial charge on any atom is 0.274 e. The molecule has 0 atom stereocenters. The van der Waals surface area contributed by atoms with Gasteiger partial charge in [-0.3, -0.25) is 9.78 Å². The highest BCUT2D eigenvalue weighted by Gasteiger charge is 2.12. The average Bonchev–Trinajstić information content (AvgIpc) is 2.73. The predicted molar refractivity (Wildman–Crippen MR) is 105 cm³/mol. The summed E-state index contributed by atoms with van der Waals surface area (Å²) in [5.41, 5.74) is 1.91. The van der Waals surface area contributed by atoms with Crippen LogP contribution in [0.2, 0.25) is 0 Å². The number of carbonyl (C=O) groups excluding carboxylic acids is 1. The Morgan fingerprint density at radius 2 is 1.89 bits per heavy atom. The van der Waals surface area contributed by atoms with E-state index in [1.807, 2.05) is 0 Å². The minimum atomic E-state index is -0.391. The first-order chi connectivity index (χ1) is 13.6.